The molecule has 3 aliphatic rings. The smallest absolute Gasteiger partial charge is 0.124 e. The summed E-state index contributed by atoms with van der Waals surface area (Å²) in [7, 11) is 0. The first-order chi connectivity index (χ1) is 11.7. The van der Waals surface area contributed by atoms with E-state index < -0.39 is 0 Å². The van der Waals surface area contributed by atoms with Crippen molar-refractivity contribution in [2.75, 3.05) is 26.3 Å². The van der Waals surface area contributed by atoms with Crippen molar-refractivity contribution in [3.63, 3.8) is 0 Å². The number of ether oxygens (including phenoxy) is 2. The van der Waals surface area contributed by atoms with E-state index >= 15 is 0 Å². The van der Waals surface area contributed by atoms with Gasteiger partial charge < -0.3 is 19.7 Å². The summed E-state index contributed by atoms with van der Waals surface area (Å²) in [6.07, 6.45) is 4.44. The van der Waals surface area contributed by atoms with Gasteiger partial charge in [0.25, 0.3) is 0 Å². The summed E-state index contributed by atoms with van der Waals surface area (Å²) in [5.74, 6) is 1.08. The minimum absolute atomic E-state index is 0.00310. The Labute approximate surface area is 145 Å². The van der Waals surface area contributed by atoms with E-state index in [0.29, 0.717) is 18.1 Å². The van der Waals surface area contributed by atoms with Crippen LogP contribution in [-0.4, -0.2) is 48.9 Å². The normalized spacial score (nSPS) is 29.6. The van der Waals surface area contributed by atoms with E-state index in [4.69, 9.17) is 9.47 Å². The van der Waals surface area contributed by atoms with Gasteiger partial charge in [0.1, 0.15) is 11.4 Å². The van der Waals surface area contributed by atoms with Gasteiger partial charge in [0.15, 0.2) is 0 Å². The standard InChI is InChI=1S/C20H30N2O2/c1-15(2)22-10-8-20(9-11-22)13-18(21-16-7-12-23-14-16)17-5-3-4-6-19(17)24-20/h3-6,15-16,18,21H,7-14H2,1-2H3/t16-,18-/m1/s1. The fourth-order valence-electron chi connectivity index (χ4n) is 4.47. The molecule has 132 valence electrons. The molecule has 1 aromatic rings. The second kappa shape index (κ2) is 6.66. The first kappa shape index (κ1) is 16.4. The van der Waals surface area contributed by atoms with Gasteiger partial charge in [-0.1, -0.05) is 18.2 Å². The van der Waals surface area contributed by atoms with Crippen LogP contribution in [-0.2, 0) is 4.74 Å². The lowest BCUT2D eigenvalue weighted by Crippen LogP contribution is -2.53. The van der Waals surface area contributed by atoms with Crippen molar-refractivity contribution in [1.29, 1.82) is 0 Å². The number of rotatable bonds is 3. The van der Waals surface area contributed by atoms with Crippen molar-refractivity contribution < 1.29 is 9.47 Å². The van der Waals surface area contributed by atoms with Crippen LogP contribution in [0.4, 0.5) is 0 Å². The van der Waals surface area contributed by atoms with Gasteiger partial charge in [0.05, 0.1) is 6.61 Å². The average Bonchev–Trinajstić information content (AvgIpc) is 3.08. The predicted octanol–water partition coefficient (Wildman–Crippen LogP) is 3.13. The number of hydrogen-bond donors (Lipinski definition) is 1. The van der Waals surface area contributed by atoms with Crippen molar-refractivity contribution in [1.82, 2.24) is 10.2 Å². The van der Waals surface area contributed by atoms with E-state index in [1.807, 2.05) is 0 Å². The van der Waals surface area contributed by atoms with Crippen LogP contribution in [0.25, 0.3) is 0 Å². The summed E-state index contributed by atoms with van der Waals surface area (Å²) in [6.45, 7) is 8.59. The summed E-state index contributed by atoms with van der Waals surface area (Å²) < 4.78 is 12.1. The molecule has 0 unspecified atom stereocenters. The van der Waals surface area contributed by atoms with Crippen molar-refractivity contribution in [3.8, 4) is 5.75 Å². The number of likely N-dealkylation sites (tertiary alicyclic amines) is 1. The summed E-state index contributed by atoms with van der Waals surface area (Å²) in [5, 5.41) is 3.86. The van der Waals surface area contributed by atoms with Crippen LogP contribution in [0.15, 0.2) is 24.3 Å². The minimum atomic E-state index is -0.00310. The highest BCUT2D eigenvalue weighted by Gasteiger charge is 2.44. The molecule has 0 amide bonds. The molecule has 0 saturated carbocycles. The maximum absolute atomic E-state index is 6.59. The lowest BCUT2D eigenvalue weighted by molar-refractivity contribution is -0.0323. The predicted molar refractivity (Wildman–Crippen MR) is 95.5 cm³/mol. The van der Waals surface area contributed by atoms with Crippen molar-refractivity contribution >= 4 is 0 Å². The van der Waals surface area contributed by atoms with E-state index in [1.54, 1.807) is 0 Å². The number of benzene rings is 1. The van der Waals surface area contributed by atoms with Gasteiger partial charge in [-0.25, -0.2) is 0 Å². The van der Waals surface area contributed by atoms with Gasteiger partial charge >= 0.3 is 0 Å². The van der Waals surface area contributed by atoms with Crippen LogP contribution in [0.1, 0.15) is 51.1 Å². The number of hydrogen-bond acceptors (Lipinski definition) is 4. The number of fused-ring (bicyclic) bond motifs is 1. The van der Waals surface area contributed by atoms with Gasteiger partial charge in [-0.2, -0.15) is 0 Å². The summed E-state index contributed by atoms with van der Waals surface area (Å²) in [6, 6.07) is 10.1. The minimum Gasteiger partial charge on any atom is -0.487 e. The molecule has 0 aliphatic carbocycles. The van der Waals surface area contributed by atoms with E-state index in [-0.39, 0.29) is 5.60 Å². The highest BCUT2D eigenvalue weighted by molar-refractivity contribution is 5.39. The van der Waals surface area contributed by atoms with Crippen molar-refractivity contribution in [3.05, 3.63) is 29.8 Å². The Balaban J connectivity index is 1.54. The van der Waals surface area contributed by atoms with Crippen LogP contribution in [0.5, 0.6) is 5.75 Å². The molecule has 4 heteroatoms. The molecule has 24 heavy (non-hydrogen) atoms. The SMILES string of the molecule is CC(C)N1CCC2(CC1)C[C@@H](N[C@@H]1CCOC1)c1ccccc1O2. The maximum atomic E-state index is 6.59. The Morgan fingerprint density at radius 3 is 2.71 bits per heavy atom. The lowest BCUT2D eigenvalue weighted by Gasteiger charge is -2.48. The number of para-hydroxylation sites is 1. The summed E-state index contributed by atoms with van der Waals surface area (Å²) in [5.41, 5.74) is 1.32. The first-order valence-electron chi connectivity index (χ1n) is 9.51. The molecule has 0 radical (unpaired) electrons. The Morgan fingerprint density at radius 1 is 1.21 bits per heavy atom. The Morgan fingerprint density at radius 2 is 2.00 bits per heavy atom. The van der Waals surface area contributed by atoms with Crippen LogP contribution < -0.4 is 10.1 Å². The third-order valence-electron chi connectivity index (χ3n) is 6.00. The lowest BCUT2D eigenvalue weighted by atomic mass is 9.80. The zero-order valence-electron chi connectivity index (χ0n) is 15.0. The molecular formula is C20H30N2O2. The molecule has 3 heterocycles. The Kier molecular flexibility index (Phi) is 4.54. The zero-order chi connectivity index (χ0) is 16.6. The van der Waals surface area contributed by atoms with Gasteiger partial charge in [0, 0.05) is 49.8 Å². The summed E-state index contributed by atoms with van der Waals surface area (Å²) >= 11 is 0. The molecule has 2 fully saturated rings. The molecule has 0 aromatic heterocycles. The number of piperidine rings is 1. The molecule has 3 aliphatic heterocycles. The average molecular weight is 330 g/mol. The fourth-order valence-corrected chi connectivity index (χ4v) is 4.47. The zero-order valence-corrected chi connectivity index (χ0v) is 15.0. The second-order valence-corrected chi connectivity index (χ2v) is 7.94. The number of nitrogens with one attached hydrogen (secondary N) is 1. The molecular weight excluding hydrogens is 300 g/mol. The number of nitrogens with zero attached hydrogens (tertiary/aromatic N) is 1. The molecule has 2 saturated heterocycles. The highest BCUT2D eigenvalue weighted by Crippen LogP contribution is 2.44. The van der Waals surface area contributed by atoms with E-state index in [9.17, 15) is 0 Å². The van der Waals surface area contributed by atoms with E-state index in [1.165, 1.54) is 5.56 Å². The van der Waals surface area contributed by atoms with Crippen LogP contribution in [0.2, 0.25) is 0 Å². The topological polar surface area (TPSA) is 33.7 Å². The van der Waals surface area contributed by atoms with Gasteiger partial charge in [-0.15, -0.1) is 0 Å². The van der Waals surface area contributed by atoms with Gasteiger partial charge in [0.2, 0.25) is 0 Å². The third-order valence-corrected chi connectivity index (χ3v) is 6.00. The van der Waals surface area contributed by atoms with Crippen LogP contribution in [0, 0.1) is 0 Å². The molecule has 1 aromatic carbocycles. The first-order valence-corrected chi connectivity index (χ1v) is 9.51. The third kappa shape index (κ3) is 3.19. The van der Waals surface area contributed by atoms with E-state index in [0.717, 1.165) is 57.7 Å². The monoisotopic (exact) mass is 330 g/mol. The fraction of sp³-hybridized carbons (Fsp3) is 0.700. The molecule has 1 spiro atoms. The summed E-state index contributed by atoms with van der Waals surface area (Å²) in [4.78, 5) is 2.57. The molecule has 4 rings (SSSR count). The van der Waals surface area contributed by atoms with E-state index in [2.05, 4.69) is 48.3 Å². The molecule has 1 N–H and O–H groups in total. The van der Waals surface area contributed by atoms with Crippen molar-refractivity contribution in [2.45, 2.75) is 63.3 Å². The van der Waals surface area contributed by atoms with Gasteiger partial charge in [-0.05, 0) is 39.2 Å². The quantitative estimate of drug-likeness (QED) is 0.923. The largest absolute Gasteiger partial charge is 0.487 e. The molecule has 2 atom stereocenters. The second-order valence-electron chi connectivity index (χ2n) is 7.94. The van der Waals surface area contributed by atoms with Crippen molar-refractivity contribution in [2.24, 2.45) is 0 Å². The molecule has 0 bridgehead atoms. The highest BCUT2D eigenvalue weighted by atomic mass is 16.5. The van der Waals surface area contributed by atoms with Crippen LogP contribution in [0.3, 0.4) is 0 Å². The maximum Gasteiger partial charge on any atom is 0.124 e. The Bertz CT molecular complexity index is 561. The Hall–Kier alpha value is -1.10. The van der Waals surface area contributed by atoms with Gasteiger partial charge in [-0.3, -0.25) is 0 Å². The molecule has 4 nitrogen and oxygen atoms in total. The van der Waals surface area contributed by atoms with Crippen LogP contribution >= 0.6 is 0 Å².